The first-order valence-electron chi connectivity index (χ1n) is 0.644. The van der Waals surface area contributed by atoms with Gasteiger partial charge in [-0.3, -0.25) is 0 Å². The van der Waals surface area contributed by atoms with E-state index in [1.165, 1.54) is 0 Å². The quantitative estimate of drug-likeness (QED) is 0.367. The molecular weight excluding hydrogens is 115 g/mol. The van der Waals surface area contributed by atoms with Gasteiger partial charge in [0.1, 0.15) is 0 Å². The van der Waals surface area contributed by atoms with Crippen LogP contribution in [0.3, 0.4) is 0 Å². The van der Waals surface area contributed by atoms with Gasteiger partial charge in [-0.05, 0) is 0 Å². The second-order valence-electron chi connectivity index (χ2n) is 0.201. The molecule has 6 heteroatoms. The molecule has 0 rings (SSSR count). The van der Waals surface area contributed by atoms with Gasteiger partial charge in [0, 0.05) is 14.6 Å². The van der Waals surface area contributed by atoms with Crippen molar-refractivity contribution in [3.8, 4) is 0 Å². The maximum Gasteiger partial charge on any atom is 0.282 e. The van der Waals surface area contributed by atoms with Gasteiger partial charge in [-0.25, -0.2) is 0 Å². The monoisotopic (exact) mass is 116 g/mol. The molecule has 0 aromatic carbocycles. The molecule has 0 aliphatic heterocycles. The van der Waals surface area contributed by atoms with Crippen LogP contribution in [-0.4, -0.2) is 4.66 Å². The van der Waals surface area contributed by atoms with Gasteiger partial charge in [-0.1, -0.05) is 0 Å². The molecule has 0 aromatic heterocycles. The summed E-state index contributed by atoms with van der Waals surface area (Å²) in [5, 5.41) is 0. The number of hydrogen-bond donors (Lipinski definition) is 1. The lowest BCUT2D eigenvalue weighted by atomic mass is 15.3. The maximum atomic E-state index is 8.52. The van der Waals surface area contributed by atoms with E-state index in [1.807, 2.05) is 0 Å². The molecule has 0 saturated heterocycles. The van der Waals surface area contributed by atoms with Gasteiger partial charge in [-0.15, -0.1) is 0 Å². The molecule has 0 aromatic rings. The standard InChI is InChI=1S/ClHO3.O2/c2-1(3)4;1-2/h2H;. The molecule has 0 aliphatic rings. The van der Waals surface area contributed by atoms with Gasteiger partial charge >= 0.3 is 0 Å². The van der Waals surface area contributed by atoms with Crippen LogP contribution >= 0.6 is 0 Å². The summed E-state index contributed by atoms with van der Waals surface area (Å²) in [6.07, 6.45) is 0. The second-order valence-corrected chi connectivity index (χ2v) is 0.603. The number of rotatable bonds is 0. The summed E-state index contributed by atoms with van der Waals surface area (Å²) < 4.78 is 24.0. The lowest BCUT2D eigenvalue weighted by Gasteiger charge is -1.72. The van der Waals surface area contributed by atoms with E-state index in [1.54, 1.807) is 0 Å². The Morgan fingerprint density at radius 1 is 1.33 bits per heavy atom. The van der Waals surface area contributed by atoms with Crippen LogP contribution in [0.4, 0.5) is 0 Å². The van der Waals surface area contributed by atoms with Crippen molar-refractivity contribution in [3.63, 3.8) is 0 Å². The van der Waals surface area contributed by atoms with Crippen molar-refractivity contribution in [2.45, 2.75) is 0 Å². The van der Waals surface area contributed by atoms with Gasteiger partial charge in [0.05, 0.1) is 0 Å². The number of hydrogen-bond acceptors (Lipinski definition) is 5. The first-order chi connectivity index (χ1) is 2.73. The molecule has 0 amide bonds. The molecule has 0 unspecified atom stereocenters. The Morgan fingerprint density at radius 2 is 1.33 bits per heavy atom. The predicted molar refractivity (Wildman–Crippen MR) is 8.95 cm³/mol. The van der Waals surface area contributed by atoms with E-state index in [0.717, 1.165) is 0 Å². The Morgan fingerprint density at radius 3 is 1.33 bits per heavy atom. The van der Waals surface area contributed by atoms with Crippen molar-refractivity contribution in [2.24, 2.45) is 0 Å². The Kier molecular flexibility index (Phi) is 13.6. The van der Waals surface area contributed by atoms with Gasteiger partial charge < -0.3 is 9.32 Å². The van der Waals surface area contributed by atoms with Crippen molar-refractivity contribution >= 4 is 0 Å². The van der Waals surface area contributed by atoms with Crippen LogP contribution in [-0.2, 0) is 0 Å². The van der Waals surface area contributed by atoms with Gasteiger partial charge in [0.2, 0.25) is 0 Å². The summed E-state index contributed by atoms with van der Waals surface area (Å²) >= 11 is 0. The minimum atomic E-state index is -2.60. The van der Waals surface area contributed by atoms with E-state index in [-0.39, 0.29) is 0 Å². The Balaban J connectivity index is 0. The highest BCUT2D eigenvalue weighted by molar-refractivity contribution is 4.07. The molecule has 38 valence electrons. The van der Waals surface area contributed by atoms with Crippen LogP contribution in [0.25, 0.3) is 0 Å². The van der Waals surface area contributed by atoms with Crippen molar-refractivity contribution in [2.75, 3.05) is 0 Å². The SMILES string of the molecule is O=O.[O-][Cl+2]([O-])O. The summed E-state index contributed by atoms with van der Waals surface area (Å²) in [5.74, 6) is 0. The van der Waals surface area contributed by atoms with Crippen molar-refractivity contribution in [3.05, 3.63) is 9.93 Å². The highest BCUT2D eigenvalue weighted by Gasteiger charge is 1.79. The molecule has 0 heterocycles. The minimum Gasteiger partial charge on any atom is -0.321 e. The molecular formula is HClO5. The van der Waals surface area contributed by atoms with E-state index in [2.05, 4.69) is 0 Å². The van der Waals surface area contributed by atoms with Crippen molar-refractivity contribution in [1.82, 2.24) is 0 Å². The fourth-order valence-corrected chi connectivity index (χ4v) is 0. The fraction of sp³-hybridized carbons (Fsp3) is 0. The van der Waals surface area contributed by atoms with Crippen LogP contribution in [0.1, 0.15) is 0 Å². The second kappa shape index (κ2) is 8.84. The average molecular weight is 116 g/mol. The van der Waals surface area contributed by atoms with Crippen molar-refractivity contribution < 1.29 is 24.8 Å². The highest BCUT2D eigenvalue weighted by Crippen LogP contribution is 1.38. The Labute approximate surface area is 35.8 Å². The lowest BCUT2D eigenvalue weighted by molar-refractivity contribution is -1.63. The minimum absolute atomic E-state index is 2.60. The molecule has 0 saturated carbocycles. The summed E-state index contributed by atoms with van der Waals surface area (Å²) in [5.41, 5.74) is 0. The molecule has 0 radical (unpaired) electrons. The summed E-state index contributed by atoms with van der Waals surface area (Å²) in [7, 11) is -2.60. The third-order valence-electron chi connectivity index (χ3n) is 0. The van der Waals surface area contributed by atoms with E-state index in [0.29, 0.717) is 0 Å². The normalized spacial score (nSPS) is 6.67. The van der Waals surface area contributed by atoms with E-state index in [9.17, 15) is 0 Å². The van der Waals surface area contributed by atoms with Crippen LogP contribution in [0.2, 0.25) is 0 Å². The largest absolute Gasteiger partial charge is 0.321 e. The summed E-state index contributed by atoms with van der Waals surface area (Å²) in [6.45, 7) is 0. The van der Waals surface area contributed by atoms with Crippen LogP contribution in [0.15, 0.2) is 0 Å². The van der Waals surface area contributed by atoms with Crippen LogP contribution in [0, 0.1) is 20.7 Å². The van der Waals surface area contributed by atoms with E-state index >= 15 is 0 Å². The van der Waals surface area contributed by atoms with Gasteiger partial charge in [0.15, 0.2) is 0 Å². The molecule has 0 aliphatic carbocycles. The lowest BCUT2D eigenvalue weighted by Crippen LogP contribution is -2.30. The first-order valence-corrected chi connectivity index (χ1v) is 1.60. The molecule has 0 atom stereocenters. The maximum absolute atomic E-state index is 8.52. The van der Waals surface area contributed by atoms with E-state index < -0.39 is 10.8 Å². The van der Waals surface area contributed by atoms with E-state index in [4.69, 9.17) is 23.9 Å². The fourth-order valence-electron chi connectivity index (χ4n) is 0. The summed E-state index contributed by atoms with van der Waals surface area (Å²) in [6, 6.07) is 0. The molecule has 0 spiro atoms. The third-order valence-corrected chi connectivity index (χ3v) is 0. The molecule has 0 fully saturated rings. The van der Waals surface area contributed by atoms with Crippen LogP contribution < -0.4 is 9.32 Å². The highest BCUT2D eigenvalue weighted by atomic mass is 35.6. The van der Waals surface area contributed by atoms with Gasteiger partial charge in [0.25, 0.3) is 10.8 Å². The smallest absolute Gasteiger partial charge is 0.282 e. The molecule has 5 nitrogen and oxygen atoms in total. The topological polar surface area (TPSA) is 100 Å². The first kappa shape index (κ1) is 9.24. The average Bonchev–Trinajstić information content (AvgIpc) is 1.41. The Bertz CT molecular complexity index is 15.1. The zero-order chi connectivity index (χ0) is 5.58. The molecule has 6 heavy (non-hydrogen) atoms. The zero-order valence-electron chi connectivity index (χ0n) is 2.46. The predicted octanol–water partition coefficient (Wildman–Crippen LogP) is -2.87. The zero-order valence-corrected chi connectivity index (χ0v) is 3.21. The third kappa shape index (κ3) is 547. The van der Waals surface area contributed by atoms with Crippen LogP contribution in [0.5, 0.6) is 0 Å². The summed E-state index contributed by atoms with van der Waals surface area (Å²) in [4.78, 5) is 14.0. The van der Waals surface area contributed by atoms with Gasteiger partial charge in [-0.2, -0.15) is 0 Å². The van der Waals surface area contributed by atoms with Crippen molar-refractivity contribution in [1.29, 1.82) is 0 Å². The molecule has 1 N–H and O–H groups in total. The Hall–Kier alpha value is -0.230. The molecule has 0 bridgehead atoms. The number of halogens is 1.